The summed E-state index contributed by atoms with van der Waals surface area (Å²) in [5.41, 5.74) is 0. The molecule has 0 bridgehead atoms. The van der Waals surface area contributed by atoms with Gasteiger partial charge >= 0.3 is 53.7 Å². The number of hydrogen-bond acceptors (Lipinski definition) is 35. The Labute approximate surface area is 754 Å². The lowest BCUT2D eigenvalue weighted by molar-refractivity contribution is -0.277. The van der Waals surface area contributed by atoms with Crippen molar-refractivity contribution in [3.8, 4) is 0 Å². The van der Waals surface area contributed by atoms with E-state index in [1.807, 2.05) is 0 Å². The van der Waals surface area contributed by atoms with E-state index in [2.05, 4.69) is 37.2 Å². The molecule has 3 heterocycles. The minimum absolute atomic E-state index is 0.0886. The fourth-order valence-electron chi connectivity index (χ4n) is 15.2. The van der Waals surface area contributed by atoms with Gasteiger partial charge in [-0.3, -0.25) is 76.7 Å². The molecule has 42 nitrogen and oxygen atoms in total. The minimum Gasteiger partial charge on any atom is -0.463 e. The van der Waals surface area contributed by atoms with Gasteiger partial charge in [-0.05, 0) is 64.2 Å². The summed E-state index contributed by atoms with van der Waals surface area (Å²) in [6, 6.07) is -3.39. The number of nitrogens with one attached hydrogen (secondary N) is 7. The van der Waals surface area contributed by atoms with Crippen molar-refractivity contribution in [2.75, 3.05) is 92.2 Å². The fourth-order valence-corrected chi connectivity index (χ4v) is 15.2. The van der Waals surface area contributed by atoms with Crippen LogP contribution in [0.1, 0.15) is 250 Å². The quantitative estimate of drug-likeness (QED) is 0.0246. The van der Waals surface area contributed by atoms with E-state index < -0.39 is 194 Å². The third-order valence-electron chi connectivity index (χ3n) is 21.0. The van der Waals surface area contributed by atoms with E-state index >= 15 is 0 Å². The van der Waals surface area contributed by atoms with Gasteiger partial charge in [0.2, 0.25) is 41.4 Å². The molecule has 736 valence electrons. The van der Waals surface area contributed by atoms with Gasteiger partial charge < -0.3 is 128 Å². The van der Waals surface area contributed by atoms with Crippen molar-refractivity contribution in [3.63, 3.8) is 0 Å². The van der Waals surface area contributed by atoms with Gasteiger partial charge in [0.1, 0.15) is 62.4 Å². The third kappa shape index (κ3) is 47.2. The number of rotatable bonds is 63. The number of ether oxygens (including phenoxy) is 18. The van der Waals surface area contributed by atoms with Crippen LogP contribution >= 0.6 is 0 Å². The lowest BCUT2D eigenvalue weighted by atomic mass is 9.82. The van der Waals surface area contributed by atoms with E-state index in [-0.39, 0.29) is 115 Å². The molecule has 1 saturated carbocycles. The maximum Gasteiger partial charge on any atom is 0.303 e. The number of aliphatic hydroxyl groups excluding tert-OH is 1. The van der Waals surface area contributed by atoms with Crippen molar-refractivity contribution in [1.82, 2.24) is 37.2 Å². The Kier molecular flexibility index (Phi) is 55.8. The number of amides is 7. The van der Waals surface area contributed by atoms with E-state index in [1.165, 1.54) is 41.5 Å². The van der Waals surface area contributed by atoms with Crippen LogP contribution in [0.3, 0.4) is 0 Å². The maximum absolute atomic E-state index is 14.3. The van der Waals surface area contributed by atoms with Crippen LogP contribution in [0.5, 0.6) is 0 Å². The highest BCUT2D eigenvalue weighted by Crippen LogP contribution is 2.35. The van der Waals surface area contributed by atoms with Gasteiger partial charge in [-0.1, -0.05) is 83.5 Å². The number of hydrogen-bond donors (Lipinski definition) is 8. The SMILES string of the molecule is CC(=O)N[C@H]1[C@H](OCCCCCCNC(=O)CCOC2[C@H](OCCC(=O)NCCCCCCO[C@@H]3O[C@H](COC(C)=O)[C@H](OC(C)=O)[C@H](OC(C)=O)[C@H]3NC(C)=O)CC(C(=O)NCCCCCCCCCCCO)C[C@H]2OCCC(=O)NCCCCCCO[C@@H]2O[C@H](COC(C)=O)[C@H](OC(C)=O)[C@H](OC(C)=O)[C@H]2NC(C)=O)O[C@H](COC(C)=O)[C@H](OC(C)=O)[C@@H]1OC(C)=O. The lowest BCUT2D eigenvalue weighted by Gasteiger charge is -2.44. The van der Waals surface area contributed by atoms with Crippen molar-refractivity contribution in [2.24, 2.45) is 5.92 Å². The molecule has 17 atom stereocenters. The average molecular weight is 1850 g/mol. The van der Waals surface area contributed by atoms with Crippen LogP contribution < -0.4 is 37.2 Å². The molecule has 7 amide bonds. The summed E-state index contributed by atoms with van der Waals surface area (Å²) in [6.45, 7) is 14.4. The second-order valence-corrected chi connectivity index (χ2v) is 32.3. The van der Waals surface area contributed by atoms with Gasteiger partial charge in [0.05, 0.1) is 32.0 Å². The Morgan fingerprint density at radius 3 is 0.806 bits per heavy atom. The molecule has 4 fully saturated rings. The summed E-state index contributed by atoms with van der Waals surface area (Å²) < 4.78 is 105. The molecule has 3 saturated heterocycles. The van der Waals surface area contributed by atoms with Crippen LogP contribution in [-0.4, -0.2) is 303 Å². The highest BCUT2D eigenvalue weighted by Gasteiger charge is 2.55. The summed E-state index contributed by atoms with van der Waals surface area (Å²) in [5, 5.41) is 29.0. The molecule has 129 heavy (non-hydrogen) atoms. The normalized spacial score (nSPS) is 24.7. The van der Waals surface area contributed by atoms with Crippen molar-refractivity contribution >= 4 is 95.1 Å². The largest absolute Gasteiger partial charge is 0.463 e. The Balaban J connectivity index is 1.44. The molecule has 0 radical (unpaired) electrons. The predicted octanol–water partition coefficient (Wildman–Crippen LogP) is 3.39. The number of carbonyl (C=O) groups is 16. The van der Waals surface area contributed by atoms with E-state index in [0.717, 1.165) is 99.3 Å². The number of esters is 9. The molecule has 3 aliphatic heterocycles. The molecule has 0 aromatic rings. The second kappa shape index (κ2) is 64.0. The van der Waals surface area contributed by atoms with Crippen LogP contribution in [-0.2, 0) is 162 Å². The van der Waals surface area contributed by atoms with Crippen molar-refractivity contribution in [2.45, 2.75) is 360 Å². The smallest absolute Gasteiger partial charge is 0.303 e. The number of unbranched alkanes of at least 4 members (excludes halogenated alkanes) is 17. The van der Waals surface area contributed by atoms with E-state index in [0.29, 0.717) is 103 Å². The minimum atomic E-state index is -1.28. The Hall–Kier alpha value is -8.88. The summed E-state index contributed by atoms with van der Waals surface area (Å²) in [7, 11) is 0. The monoisotopic (exact) mass is 1850 g/mol. The molecule has 0 unspecified atom stereocenters. The first-order valence-corrected chi connectivity index (χ1v) is 45.2. The summed E-state index contributed by atoms with van der Waals surface area (Å²) in [6.07, 6.45) is -1.73. The fraction of sp³-hybridized carbons (Fsp3) is 0.816. The molecule has 1 aliphatic carbocycles. The van der Waals surface area contributed by atoms with Gasteiger partial charge in [-0.25, -0.2) is 0 Å². The van der Waals surface area contributed by atoms with Crippen molar-refractivity contribution in [3.05, 3.63) is 0 Å². The Morgan fingerprint density at radius 2 is 0.535 bits per heavy atom. The summed E-state index contributed by atoms with van der Waals surface area (Å²) in [5.74, 6) is -9.90. The molecule has 0 spiro atoms. The number of aliphatic hydroxyl groups is 1. The highest BCUT2D eigenvalue weighted by atomic mass is 16.7. The van der Waals surface area contributed by atoms with Gasteiger partial charge in [0, 0.05) is 161 Å². The molecular weight excluding hydrogens is 1700 g/mol. The zero-order valence-corrected chi connectivity index (χ0v) is 77.1. The zero-order chi connectivity index (χ0) is 95.2. The molecule has 8 N–H and O–H groups in total. The van der Waals surface area contributed by atoms with Gasteiger partial charge in [0.15, 0.2) is 55.5 Å². The van der Waals surface area contributed by atoms with Gasteiger partial charge in [-0.2, -0.15) is 0 Å². The van der Waals surface area contributed by atoms with E-state index in [4.69, 9.17) is 90.4 Å². The predicted molar refractivity (Wildman–Crippen MR) is 452 cm³/mol. The zero-order valence-electron chi connectivity index (χ0n) is 77.1. The average Bonchev–Trinajstić information content (AvgIpc) is 0.796. The standard InChI is InChI=1S/C87H143N7O35/c1-53(96)92-74-81(124-62(10)105)78(121-59(7)102)68(50-118-56(4)99)127-85(74)115-42-31-23-19-26-37-88-71(108)34-45-112-66-48-65(84(111)91-40-29-18-16-14-13-15-17-22-30-41-95)49-67(113-46-35-72(109)89-38-27-20-24-32-43-116-86-75(93-54(2)97)82(125-63(11)106)79(122-60(8)103)69(128-86)51-119-57(5)100)77(66)114-47-36-73(110)90-39-28-21-25-33-44-117-87-76(94-55(3)98)83(126-64(12)107)80(123-61(9)104)70(129-87)52-120-58(6)101/h65-70,74-83,85-87,95H,13-52H2,1-12H3,(H,88,108)(H,89,109)(H,90,110)(H,91,111)(H,92,96)(H,93,97)(H,94,98)/t65?,66-,67-,68-,69-,70-,74-,75-,76-,77?,78+,79+,80+,81-,82-,83-,85-,86-,87-/m1/s1. The van der Waals surface area contributed by atoms with Crippen molar-refractivity contribution < 1.29 is 167 Å². The second-order valence-electron chi connectivity index (χ2n) is 32.3. The molecule has 4 aliphatic rings. The van der Waals surface area contributed by atoms with Crippen LogP contribution in [0.25, 0.3) is 0 Å². The highest BCUT2D eigenvalue weighted by molar-refractivity contribution is 5.80. The summed E-state index contributed by atoms with van der Waals surface area (Å²) in [4.78, 5) is 201. The molecule has 0 aromatic carbocycles. The topological polar surface area (TPSA) is 544 Å². The molecule has 42 heteroatoms. The summed E-state index contributed by atoms with van der Waals surface area (Å²) >= 11 is 0. The van der Waals surface area contributed by atoms with Crippen LogP contribution in [0.15, 0.2) is 0 Å². The van der Waals surface area contributed by atoms with Crippen molar-refractivity contribution in [1.29, 1.82) is 0 Å². The van der Waals surface area contributed by atoms with E-state index in [1.54, 1.807) is 0 Å². The first-order chi connectivity index (χ1) is 61.6. The first-order valence-electron chi connectivity index (χ1n) is 45.2. The first kappa shape index (κ1) is 112. The Morgan fingerprint density at radius 1 is 0.279 bits per heavy atom. The van der Waals surface area contributed by atoms with Crippen LogP contribution in [0, 0.1) is 5.92 Å². The maximum atomic E-state index is 14.3. The lowest BCUT2D eigenvalue weighted by Crippen LogP contribution is -2.66. The van der Waals surface area contributed by atoms with Crippen LogP contribution in [0.2, 0.25) is 0 Å². The van der Waals surface area contributed by atoms with E-state index in [9.17, 15) is 76.7 Å². The Bertz CT molecular complexity index is 3330. The van der Waals surface area contributed by atoms with Gasteiger partial charge in [-0.15, -0.1) is 0 Å². The van der Waals surface area contributed by atoms with Gasteiger partial charge in [0.25, 0.3) is 0 Å². The molecular formula is C87H143N7O35. The molecule has 4 rings (SSSR count). The third-order valence-corrected chi connectivity index (χ3v) is 21.0. The number of carbonyl (C=O) groups excluding carboxylic acids is 16. The van der Waals surface area contributed by atoms with Crippen LogP contribution in [0.4, 0.5) is 0 Å². The molecule has 0 aromatic heterocycles.